The molecule has 0 atom stereocenters. The minimum atomic E-state index is -0.204. The summed E-state index contributed by atoms with van der Waals surface area (Å²) in [5, 5.41) is 17.4. The predicted octanol–water partition coefficient (Wildman–Crippen LogP) is 2.69. The van der Waals surface area contributed by atoms with E-state index in [9.17, 15) is 4.79 Å². The Bertz CT molecular complexity index is 849. The van der Waals surface area contributed by atoms with Gasteiger partial charge in [-0.2, -0.15) is 0 Å². The van der Waals surface area contributed by atoms with Crippen LogP contribution >= 0.6 is 11.3 Å². The molecule has 0 spiro atoms. The average Bonchev–Trinajstić information content (AvgIpc) is 3.11. The third kappa shape index (κ3) is 2.85. The van der Waals surface area contributed by atoms with Crippen molar-refractivity contribution in [3.05, 3.63) is 40.3 Å². The Morgan fingerprint density at radius 1 is 1.30 bits per heavy atom. The molecule has 0 bridgehead atoms. The van der Waals surface area contributed by atoms with Crippen molar-refractivity contribution in [1.29, 1.82) is 0 Å². The van der Waals surface area contributed by atoms with Crippen molar-refractivity contribution >= 4 is 22.9 Å². The number of aromatic nitrogens is 5. The maximum Gasteiger partial charge on any atom is 0.275 e. The van der Waals surface area contributed by atoms with Gasteiger partial charge < -0.3 is 5.32 Å². The summed E-state index contributed by atoms with van der Waals surface area (Å²) in [6.07, 6.45) is 2.25. The lowest BCUT2D eigenvalue weighted by atomic mass is 10.2. The topological polar surface area (TPSA) is 85.6 Å². The summed E-state index contributed by atoms with van der Waals surface area (Å²) in [6, 6.07) is 7.93. The Morgan fingerprint density at radius 3 is 2.74 bits per heavy atom. The van der Waals surface area contributed by atoms with Crippen molar-refractivity contribution < 1.29 is 4.79 Å². The van der Waals surface area contributed by atoms with Crippen molar-refractivity contribution in [3.8, 4) is 11.4 Å². The zero-order valence-corrected chi connectivity index (χ0v) is 13.2. The van der Waals surface area contributed by atoms with E-state index in [4.69, 9.17) is 0 Å². The highest BCUT2D eigenvalue weighted by atomic mass is 32.1. The van der Waals surface area contributed by atoms with Gasteiger partial charge in [-0.05, 0) is 54.5 Å². The van der Waals surface area contributed by atoms with Crippen LogP contribution in [-0.2, 0) is 0 Å². The van der Waals surface area contributed by atoms with E-state index < -0.39 is 0 Å². The molecule has 1 fully saturated rings. The van der Waals surface area contributed by atoms with Crippen LogP contribution in [0.1, 0.15) is 34.4 Å². The molecule has 1 aliphatic rings. The molecule has 8 heteroatoms. The van der Waals surface area contributed by atoms with Gasteiger partial charge in [-0.25, -0.2) is 9.67 Å². The van der Waals surface area contributed by atoms with Crippen LogP contribution in [-0.4, -0.2) is 31.1 Å². The van der Waals surface area contributed by atoms with E-state index in [0.717, 1.165) is 34.9 Å². The third-order valence-electron chi connectivity index (χ3n) is 3.64. The molecule has 2 heterocycles. The Hall–Kier alpha value is -2.61. The summed E-state index contributed by atoms with van der Waals surface area (Å²) < 4.78 is 1.87. The number of tetrazole rings is 1. The number of rotatable bonds is 4. The van der Waals surface area contributed by atoms with Crippen LogP contribution in [0.2, 0.25) is 0 Å². The number of benzene rings is 1. The Labute approximate surface area is 136 Å². The fourth-order valence-electron chi connectivity index (χ4n) is 2.31. The maximum atomic E-state index is 12.1. The predicted molar refractivity (Wildman–Crippen MR) is 86.3 cm³/mol. The molecule has 7 nitrogen and oxygen atoms in total. The summed E-state index contributed by atoms with van der Waals surface area (Å²) in [5.41, 5.74) is 2.09. The summed E-state index contributed by atoms with van der Waals surface area (Å²) in [5.74, 6) is 0.561. The fourth-order valence-corrected chi connectivity index (χ4v) is 2.91. The summed E-state index contributed by atoms with van der Waals surface area (Å²) in [6.45, 7) is 1.88. The van der Waals surface area contributed by atoms with E-state index in [1.54, 1.807) is 5.38 Å². The van der Waals surface area contributed by atoms with Crippen LogP contribution in [0, 0.1) is 6.92 Å². The third-order valence-corrected chi connectivity index (χ3v) is 4.41. The number of nitrogens with zero attached hydrogens (tertiary/aromatic N) is 5. The van der Waals surface area contributed by atoms with E-state index in [2.05, 4.69) is 25.8 Å². The van der Waals surface area contributed by atoms with Gasteiger partial charge in [0.1, 0.15) is 5.69 Å². The van der Waals surface area contributed by atoms with Crippen LogP contribution in [0.5, 0.6) is 0 Å². The molecule has 116 valence electrons. The van der Waals surface area contributed by atoms with Gasteiger partial charge in [0.25, 0.3) is 5.91 Å². The van der Waals surface area contributed by atoms with E-state index >= 15 is 0 Å². The molecule has 0 radical (unpaired) electrons. The summed E-state index contributed by atoms with van der Waals surface area (Å²) >= 11 is 1.46. The largest absolute Gasteiger partial charge is 0.321 e. The first-order chi connectivity index (χ1) is 11.2. The van der Waals surface area contributed by atoms with Gasteiger partial charge in [0, 0.05) is 16.6 Å². The lowest BCUT2D eigenvalue weighted by molar-refractivity contribution is 0.102. The smallest absolute Gasteiger partial charge is 0.275 e. The molecule has 1 aliphatic carbocycles. The number of carbonyl (C=O) groups is 1. The van der Waals surface area contributed by atoms with Crippen LogP contribution in [0.15, 0.2) is 29.6 Å². The van der Waals surface area contributed by atoms with Crippen LogP contribution < -0.4 is 5.32 Å². The molecule has 4 rings (SSSR count). The van der Waals surface area contributed by atoms with Gasteiger partial charge in [0.05, 0.1) is 11.0 Å². The molecule has 0 saturated heterocycles. The van der Waals surface area contributed by atoms with Gasteiger partial charge in [0.15, 0.2) is 5.82 Å². The molecular weight excluding hydrogens is 312 g/mol. The number of carbonyl (C=O) groups excluding carboxylic acids is 1. The van der Waals surface area contributed by atoms with Gasteiger partial charge in [-0.15, -0.1) is 16.4 Å². The minimum absolute atomic E-state index is 0.204. The normalized spacial score (nSPS) is 14.0. The maximum absolute atomic E-state index is 12.1. The monoisotopic (exact) mass is 326 g/mol. The molecule has 1 amide bonds. The van der Waals surface area contributed by atoms with Crippen molar-refractivity contribution in [3.63, 3.8) is 0 Å². The minimum Gasteiger partial charge on any atom is -0.321 e. The van der Waals surface area contributed by atoms with E-state index in [-0.39, 0.29) is 5.91 Å². The highest BCUT2D eigenvalue weighted by Gasteiger charge is 2.28. The molecule has 0 aliphatic heterocycles. The quantitative estimate of drug-likeness (QED) is 0.796. The Balaban J connectivity index is 1.51. The molecule has 3 aromatic rings. The first-order valence-electron chi connectivity index (χ1n) is 7.32. The molecule has 23 heavy (non-hydrogen) atoms. The second kappa shape index (κ2) is 5.54. The standard InChI is InChI=1S/C15H14N6OS/c1-9-16-13(8-23-9)15(22)17-11-4-2-10(3-5-11)14-18-19-20-21(14)12-6-7-12/h2-5,8,12H,6-7H2,1H3,(H,17,22). The number of thiazole rings is 1. The highest BCUT2D eigenvalue weighted by molar-refractivity contribution is 7.09. The molecule has 1 saturated carbocycles. The molecule has 0 unspecified atom stereocenters. The first kappa shape index (κ1) is 14.0. The number of hydrogen-bond acceptors (Lipinski definition) is 6. The fraction of sp³-hybridized carbons (Fsp3) is 0.267. The van der Waals surface area contributed by atoms with Crippen LogP contribution in [0.25, 0.3) is 11.4 Å². The first-order valence-corrected chi connectivity index (χ1v) is 8.20. The van der Waals surface area contributed by atoms with Gasteiger partial charge >= 0.3 is 0 Å². The van der Waals surface area contributed by atoms with Gasteiger partial charge in [-0.1, -0.05) is 0 Å². The number of anilines is 1. The lowest BCUT2D eigenvalue weighted by Crippen LogP contribution is -2.12. The second-order valence-corrected chi connectivity index (χ2v) is 6.52. The van der Waals surface area contributed by atoms with E-state index in [1.807, 2.05) is 35.9 Å². The number of nitrogens with one attached hydrogen (secondary N) is 1. The average molecular weight is 326 g/mol. The number of amides is 1. The van der Waals surface area contributed by atoms with Gasteiger partial charge in [0.2, 0.25) is 0 Å². The SMILES string of the molecule is Cc1nc(C(=O)Nc2ccc(-c3nnnn3C3CC3)cc2)cs1. The van der Waals surface area contributed by atoms with Gasteiger partial charge in [-0.3, -0.25) is 4.79 Å². The Morgan fingerprint density at radius 2 is 2.09 bits per heavy atom. The number of aryl methyl sites for hydroxylation is 1. The van der Waals surface area contributed by atoms with Crippen molar-refractivity contribution in [2.45, 2.75) is 25.8 Å². The molecule has 1 aromatic carbocycles. The zero-order valence-electron chi connectivity index (χ0n) is 12.4. The second-order valence-electron chi connectivity index (χ2n) is 5.46. The molecule has 2 aromatic heterocycles. The number of hydrogen-bond donors (Lipinski definition) is 1. The van der Waals surface area contributed by atoms with Crippen LogP contribution in [0.4, 0.5) is 5.69 Å². The molecular formula is C15H14N6OS. The highest BCUT2D eigenvalue weighted by Crippen LogP contribution is 2.36. The summed E-state index contributed by atoms with van der Waals surface area (Å²) in [4.78, 5) is 16.3. The summed E-state index contributed by atoms with van der Waals surface area (Å²) in [7, 11) is 0. The zero-order chi connectivity index (χ0) is 15.8. The van der Waals surface area contributed by atoms with E-state index in [1.165, 1.54) is 11.3 Å². The van der Waals surface area contributed by atoms with Crippen molar-refractivity contribution in [1.82, 2.24) is 25.2 Å². The lowest BCUT2D eigenvalue weighted by Gasteiger charge is -2.05. The Kier molecular flexibility index (Phi) is 3.38. The van der Waals surface area contributed by atoms with E-state index in [0.29, 0.717) is 11.7 Å². The van der Waals surface area contributed by atoms with Crippen molar-refractivity contribution in [2.24, 2.45) is 0 Å². The molecule has 1 N–H and O–H groups in total. The van der Waals surface area contributed by atoms with Crippen molar-refractivity contribution in [2.75, 3.05) is 5.32 Å². The van der Waals surface area contributed by atoms with Crippen LogP contribution in [0.3, 0.4) is 0 Å².